The van der Waals surface area contributed by atoms with Gasteiger partial charge in [-0.1, -0.05) is 20.8 Å². The van der Waals surface area contributed by atoms with Crippen LogP contribution in [0.3, 0.4) is 0 Å². The van der Waals surface area contributed by atoms with Crippen LogP contribution < -0.4 is 5.56 Å². The molecule has 0 spiro atoms. The molecule has 1 aliphatic carbocycles. The second kappa shape index (κ2) is 5.68. The molecule has 20 heavy (non-hydrogen) atoms. The number of ether oxygens (including phenoxy) is 1. The number of nitrogens with one attached hydrogen (secondary N) is 1. The van der Waals surface area contributed by atoms with E-state index in [1.54, 1.807) is 7.11 Å². The Labute approximate surface area is 121 Å². The lowest BCUT2D eigenvalue weighted by molar-refractivity contribution is -0.0600. The van der Waals surface area contributed by atoms with Crippen LogP contribution in [0.25, 0.3) is 0 Å². The Morgan fingerprint density at radius 2 is 1.95 bits per heavy atom. The van der Waals surface area contributed by atoms with Gasteiger partial charge >= 0.3 is 0 Å². The monoisotopic (exact) mass is 278 g/mol. The average Bonchev–Trinajstić information content (AvgIpc) is 2.38. The molecule has 1 heterocycles. The van der Waals surface area contributed by atoms with E-state index in [4.69, 9.17) is 4.74 Å². The number of aromatic amines is 1. The molecule has 0 amide bonds. The largest absolute Gasteiger partial charge is 0.370 e. The van der Waals surface area contributed by atoms with E-state index in [0.29, 0.717) is 5.82 Å². The van der Waals surface area contributed by atoms with E-state index < -0.39 is 5.60 Å². The Bertz CT molecular complexity index is 526. The first-order valence-corrected chi connectivity index (χ1v) is 7.56. The second-order valence-corrected chi connectivity index (χ2v) is 6.45. The summed E-state index contributed by atoms with van der Waals surface area (Å²) in [7, 11) is 1.72. The van der Waals surface area contributed by atoms with Crippen LogP contribution >= 0.6 is 0 Å². The SMILES string of the molecule is COC1(c2nc(C)c(C(C)C)c(=O)[nH]2)CCC(C)CC1. The average molecular weight is 278 g/mol. The predicted octanol–water partition coefficient (Wildman–Crippen LogP) is 3.25. The Morgan fingerprint density at radius 3 is 2.40 bits per heavy atom. The van der Waals surface area contributed by atoms with Crippen LogP contribution in [0.4, 0.5) is 0 Å². The summed E-state index contributed by atoms with van der Waals surface area (Å²) in [4.78, 5) is 20.0. The molecule has 1 saturated carbocycles. The third-order valence-electron chi connectivity index (χ3n) is 4.63. The molecule has 0 aromatic carbocycles. The standard InChI is InChI=1S/C16H26N2O2/c1-10(2)13-12(4)17-15(18-14(13)19)16(20-5)8-6-11(3)7-9-16/h10-11H,6-9H2,1-5H3,(H,17,18,19). The lowest BCUT2D eigenvalue weighted by Crippen LogP contribution is -2.37. The second-order valence-electron chi connectivity index (χ2n) is 6.45. The first-order chi connectivity index (χ1) is 9.39. The minimum Gasteiger partial charge on any atom is -0.370 e. The molecular formula is C16H26N2O2. The molecule has 0 unspecified atom stereocenters. The third-order valence-corrected chi connectivity index (χ3v) is 4.63. The fourth-order valence-corrected chi connectivity index (χ4v) is 3.26. The zero-order valence-electron chi connectivity index (χ0n) is 13.2. The molecule has 1 aliphatic rings. The van der Waals surface area contributed by atoms with E-state index in [1.165, 1.54) is 0 Å². The maximum atomic E-state index is 12.3. The minimum atomic E-state index is -0.411. The summed E-state index contributed by atoms with van der Waals surface area (Å²) in [5.74, 6) is 1.62. The highest BCUT2D eigenvalue weighted by atomic mass is 16.5. The van der Waals surface area contributed by atoms with Crippen molar-refractivity contribution in [2.24, 2.45) is 5.92 Å². The topological polar surface area (TPSA) is 55.0 Å². The van der Waals surface area contributed by atoms with Crippen LogP contribution in [-0.4, -0.2) is 17.1 Å². The summed E-state index contributed by atoms with van der Waals surface area (Å²) in [6.45, 7) is 8.23. The van der Waals surface area contributed by atoms with Crippen LogP contribution in [0.5, 0.6) is 0 Å². The molecule has 0 bridgehead atoms. The van der Waals surface area contributed by atoms with Gasteiger partial charge in [-0.15, -0.1) is 0 Å². The molecule has 4 heteroatoms. The molecule has 1 aromatic rings. The number of aryl methyl sites for hydroxylation is 1. The number of methoxy groups -OCH3 is 1. The van der Waals surface area contributed by atoms with Crippen molar-refractivity contribution in [2.45, 2.75) is 64.9 Å². The molecule has 2 rings (SSSR count). The van der Waals surface area contributed by atoms with E-state index >= 15 is 0 Å². The van der Waals surface area contributed by atoms with Crippen molar-refractivity contribution in [3.63, 3.8) is 0 Å². The van der Waals surface area contributed by atoms with Crippen LogP contribution in [-0.2, 0) is 10.3 Å². The van der Waals surface area contributed by atoms with Gasteiger partial charge in [0.05, 0.1) is 0 Å². The van der Waals surface area contributed by atoms with Gasteiger partial charge < -0.3 is 9.72 Å². The van der Waals surface area contributed by atoms with Gasteiger partial charge in [-0.25, -0.2) is 4.98 Å². The van der Waals surface area contributed by atoms with Gasteiger partial charge in [-0.2, -0.15) is 0 Å². The van der Waals surface area contributed by atoms with Gasteiger partial charge in [0.15, 0.2) is 0 Å². The summed E-state index contributed by atoms with van der Waals surface area (Å²) in [5.41, 5.74) is 1.18. The van der Waals surface area contributed by atoms with Gasteiger partial charge in [0.25, 0.3) is 5.56 Å². The first-order valence-electron chi connectivity index (χ1n) is 7.56. The lowest BCUT2D eigenvalue weighted by Gasteiger charge is -2.37. The fourth-order valence-electron chi connectivity index (χ4n) is 3.26. The molecule has 112 valence electrons. The minimum absolute atomic E-state index is 0.0162. The van der Waals surface area contributed by atoms with E-state index in [1.807, 2.05) is 20.8 Å². The number of hydrogen-bond donors (Lipinski definition) is 1. The Hall–Kier alpha value is -1.16. The number of hydrogen-bond acceptors (Lipinski definition) is 3. The highest BCUT2D eigenvalue weighted by Gasteiger charge is 2.38. The molecule has 1 fully saturated rings. The zero-order valence-corrected chi connectivity index (χ0v) is 13.2. The lowest BCUT2D eigenvalue weighted by atomic mass is 9.79. The highest BCUT2D eigenvalue weighted by molar-refractivity contribution is 5.22. The van der Waals surface area contributed by atoms with Crippen molar-refractivity contribution >= 4 is 0 Å². The maximum absolute atomic E-state index is 12.3. The van der Waals surface area contributed by atoms with Crippen LogP contribution in [0, 0.1) is 12.8 Å². The fraction of sp³-hybridized carbons (Fsp3) is 0.750. The van der Waals surface area contributed by atoms with E-state index in [-0.39, 0.29) is 11.5 Å². The summed E-state index contributed by atoms with van der Waals surface area (Å²) < 4.78 is 5.79. The smallest absolute Gasteiger partial charge is 0.254 e. The van der Waals surface area contributed by atoms with Gasteiger partial charge in [-0.05, 0) is 44.4 Å². The predicted molar refractivity (Wildman–Crippen MR) is 80.0 cm³/mol. The van der Waals surface area contributed by atoms with Crippen molar-refractivity contribution in [1.82, 2.24) is 9.97 Å². The summed E-state index contributed by atoms with van der Waals surface area (Å²) in [6, 6.07) is 0. The molecule has 1 aromatic heterocycles. The van der Waals surface area contributed by atoms with Gasteiger partial charge in [0.1, 0.15) is 11.4 Å². The van der Waals surface area contributed by atoms with Gasteiger partial charge in [-0.3, -0.25) is 4.79 Å². The Balaban J connectivity index is 2.44. The zero-order chi connectivity index (χ0) is 14.9. The van der Waals surface area contributed by atoms with Crippen LogP contribution in [0.1, 0.15) is 69.5 Å². The summed E-state index contributed by atoms with van der Waals surface area (Å²) >= 11 is 0. The van der Waals surface area contributed by atoms with Gasteiger partial charge in [0.2, 0.25) is 0 Å². The Morgan fingerprint density at radius 1 is 1.35 bits per heavy atom. The third kappa shape index (κ3) is 2.66. The van der Waals surface area contributed by atoms with Crippen LogP contribution in [0.15, 0.2) is 4.79 Å². The van der Waals surface area contributed by atoms with Gasteiger partial charge in [0, 0.05) is 18.4 Å². The van der Waals surface area contributed by atoms with Crippen molar-refractivity contribution in [3.05, 3.63) is 27.4 Å². The maximum Gasteiger partial charge on any atom is 0.254 e. The molecule has 4 nitrogen and oxygen atoms in total. The van der Waals surface area contributed by atoms with Crippen molar-refractivity contribution in [3.8, 4) is 0 Å². The summed E-state index contributed by atoms with van der Waals surface area (Å²) in [5, 5.41) is 0. The van der Waals surface area contributed by atoms with E-state index in [0.717, 1.165) is 42.9 Å². The van der Waals surface area contributed by atoms with Crippen molar-refractivity contribution in [2.75, 3.05) is 7.11 Å². The molecule has 0 aliphatic heterocycles. The number of rotatable bonds is 3. The first kappa shape index (κ1) is 15.2. The number of aromatic nitrogens is 2. The van der Waals surface area contributed by atoms with Crippen molar-refractivity contribution < 1.29 is 4.74 Å². The quantitative estimate of drug-likeness (QED) is 0.923. The molecule has 1 N–H and O–H groups in total. The highest BCUT2D eigenvalue weighted by Crippen LogP contribution is 2.40. The molecule has 0 radical (unpaired) electrons. The summed E-state index contributed by atoms with van der Waals surface area (Å²) in [6.07, 6.45) is 4.08. The Kier molecular flexibility index (Phi) is 4.33. The number of nitrogens with zero attached hydrogens (tertiary/aromatic N) is 1. The van der Waals surface area contributed by atoms with Crippen molar-refractivity contribution in [1.29, 1.82) is 0 Å². The number of H-pyrrole nitrogens is 1. The molecule has 0 saturated heterocycles. The van der Waals surface area contributed by atoms with E-state index in [9.17, 15) is 4.79 Å². The molecule has 0 atom stereocenters. The van der Waals surface area contributed by atoms with Crippen LogP contribution in [0.2, 0.25) is 0 Å². The van der Waals surface area contributed by atoms with E-state index in [2.05, 4.69) is 16.9 Å². The normalized spacial score (nSPS) is 27.0. The molecular weight excluding hydrogens is 252 g/mol.